The number of hydrogen-bond acceptors (Lipinski definition) is 2. The molecule has 3 N–H and O–H groups in total. The molecule has 0 spiro atoms. The molecule has 3 nitrogen and oxygen atoms in total. The summed E-state index contributed by atoms with van der Waals surface area (Å²) in [6.07, 6.45) is 0.378. The molecule has 1 amide bonds. The van der Waals surface area contributed by atoms with Gasteiger partial charge in [-0.25, -0.2) is 0 Å². The molecular weight excluding hydrogens is 164 g/mol. The number of primary amides is 1. The van der Waals surface area contributed by atoms with Crippen molar-refractivity contribution in [1.82, 2.24) is 5.32 Å². The lowest BCUT2D eigenvalue weighted by atomic mass is 9.93. The number of rotatable bonds is 4. The molecule has 0 fully saturated rings. The van der Waals surface area contributed by atoms with Crippen molar-refractivity contribution in [2.75, 3.05) is 6.54 Å². The van der Waals surface area contributed by atoms with E-state index in [1.807, 2.05) is 13.8 Å². The van der Waals surface area contributed by atoms with Crippen molar-refractivity contribution in [3.63, 3.8) is 0 Å². The predicted octanol–water partition coefficient (Wildman–Crippen LogP) is 1.28. The number of carbonyl (C=O) groups is 1. The summed E-state index contributed by atoms with van der Waals surface area (Å²) in [6.45, 7) is 11.3. The molecule has 0 saturated heterocycles. The van der Waals surface area contributed by atoms with E-state index in [2.05, 4.69) is 26.1 Å². The van der Waals surface area contributed by atoms with Gasteiger partial charge in [0.05, 0.1) is 0 Å². The first-order valence-electron chi connectivity index (χ1n) is 4.66. The van der Waals surface area contributed by atoms with Gasteiger partial charge in [0.15, 0.2) is 0 Å². The Morgan fingerprint density at radius 1 is 1.23 bits per heavy atom. The molecule has 13 heavy (non-hydrogen) atoms. The quantitative estimate of drug-likeness (QED) is 0.695. The molecule has 0 aliphatic heterocycles. The summed E-state index contributed by atoms with van der Waals surface area (Å²) in [5.74, 6) is -0.258. The van der Waals surface area contributed by atoms with Crippen molar-refractivity contribution < 1.29 is 4.79 Å². The minimum atomic E-state index is -0.258. The molecule has 0 aliphatic carbocycles. The number of nitrogens with two attached hydrogens (primary N) is 1. The maximum atomic E-state index is 10.7. The lowest BCUT2D eigenvalue weighted by molar-refractivity contribution is -0.119. The van der Waals surface area contributed by atoms with Gasteiger partial charge >= 0.3 is 0 Å². The van der Waals surface area contributed by atoms with Crippen LogP contribution in [0, 0.1) is 5.41 Å². The van der Waals surface area contributed by atoms with Gasteiger partial charge in [-0.2, -0.15) is 0 Å². The standard InChI is InChI=1S/C10H22N2O/c1-9(2,3)7-12-10(4,5)6-8(11)13/h12H,6-7H2,1-5H3,(H2,11,13). The van der Waals surface area contributed by atoms with Crippen LogP contribution in [0.15, 0.2) is 0 Å². The van der Waals surface area contributed by atoms with Gasteiger partial charge in [-0.15, -0.1) is 0 Å². The van der Waals surface area contributed by atoms with Crippen molar-refractivity contribution in [3.8, 4) is 0 Å². The van der Waals surface area contributed by atoms with Gasteiger partial charge in [0, 0.05) is 18.5 Å². The molecule has 0 heterocycles. The first-order chi connectivity index (χ1) is 5.62. The summed E-state index contributed by atoms with van der Waals surface area (Å²) < 4.78 is 0. The molecule has 0 aromatic carbocycles. The first kappa shape index (κ1) is 12.4. The van der Waals surface area contributed by atoms with Crippen LogP contribution in [-0.4, -0.2) is 18.0 Å². The van der Waals surface area contributed by atoms with E-state index >= 15 is 0 Å². The maximum absolute atomic E-state index is 10.7. The van der Waals surface area contributed by atoms with Crippen LogP contribution < -0.4 is 11.1 Å². The topological polar surface area (TPSA) is 55.1 Å². The normalized spacial score (nSPS) is 13.0. The molecular formula is C10H22N2O. The van der Waals surface area contributed by atoms with E-state index in [1.54, 1.807) is 0 Å². The minimum absolute atomic E-state index is 0.195. The zero-order valence-corrected chi connectivity index (χ0v) is 9.40. The summed E-state index contributed by atoms with van der Waals surface area (Å²) >= 11 is 0. The van der Waals surface area contributed by atoms with Crippen molar-refractivity contribution in [2.45, 2.75) is 46.6 Å². The second-order valence-corrected chi connectivity index (χ2v) is 5.44. The highest BCUT2D eigenvalue weighted by Crippen LogP contribution is 2.14. The molecule has 0 saturated carbocycles. The van der Waals surface area contributed by atoms with Crippen LogP contribution >= 0.6 is 0 Å². The number of hydrogen-bond donors (Lipinski definition) is 2. The van der Waals surface area contributed by atoms with Crippen LogP contribution in [0.1, 0.15) is 41.0 Å². The second kappa shape index (κ2) is 4.09. The third kappa shape index (κ3) is 7.78. The van der Waals surface area contributed by atoms with E-state index in [4.69, 9.17) is 5.73 Å². The van der Waals surface area contributed by atoms with Gasteiger partial charge in [-0.05, 0) is 19.3 Å². The first-order valence-corrected chi connectivity index (χ1v) is 4.66. The maximum Gasteiger partial charge on any atom is 0.219 e. The third-order valence-electron chi connectivity index (χ3n) is 1.71. The molecule has 0 aliphatic rings. The second-order valence-electron chi connectivity index (χ2n) is 5.44. The predicted molar refractivity (Wildman–Crippen MR) is 55.3 cm³/mol. The van der Waals surface area contributed by atoms with Crippen LogP contribution in [-0.2, 0) is 4.79 Å². The fourth-order valence-corrected chi connectivity index (χ4v) is 1.00. The van der Waals surface area contributed by atoms with Crippen LogP contribution in [0.3, 0.4) is 0 Å². The van der Waals surface area contributed by atoms with Gasteiger partial charge in [0.1, 0.15) is 0 Å². The van der Waals surface area contributed by atoms with Crippen LogP contribution in [0.25, 0.3) is 0 Å². The fraction of sp³-hybridized carbons (Fsp3) is 0.900. The van der Waals surface area contributed by atoms with E-state index in [1.165, 1.54) is 0 Å². The summed E-state index contributed by atoms with van der Waals surface area (Å²) in [4.78, 5) is 10.7. The summed E-state index contributed by atoms with van der Waals surface area (Å²) in [6, 6.07) is 0. The van der Waals surface area contributed by atoms with E-state index < -0.39 is 0 Å². The van der Waals surface area contributed by atoms with Crippen LogP contribution in [0.2, 0.25) is 0 Å². The van der Waals surface area contributed by atoms with E-state index in [0.29, 0.717) is 6.42 Å². The minimum Gasteiger partial charge on any atom is -0.370 e. The molecule has 0 unspecified atom stereocenters. The Morgan fingerprint density at radius 3 is 2.00 bits per heavy atom. The Balaban J connectivity index is 3.96. The highest BCUT2D eigenvalue weighted by molar-refractivity contribution is 5.74. The Morgan fingerprint density at radius 2 is 1.69 bits per heavy atom. The lowest BCUT2D eigenvalue weighted by Gasteiger charge is -2.29. The molecule has 0 aromatic heterocycles. The molecule has 0 radical (unpaired) electrons. The fourth-order valence-electron chi connectivity index (χ4n) is 1.00. The Hall–Kier alpha value is -0.570. The van der Waals surface area contributed by atoms with Crippen molar-refractivity contribution >= 4 is 5.91 Å². The Bertz CT molecular complexity index is 180. The number of amides is 1. The average Bonchev–Trinajstić information content (AvgIpc) is 1.79. The average molecular weight is 186 g/mol. The Kier molecular flexibility index (Phi) is 3.91. The van der Waals surface area contributed by atoms with Gasteiger partial charge in [-0.3, -0.25) is 4.79 Å². The zero-order chi connectivity index (χ0) is 10.7. The number of carbonyl (C=O) groups excluding carboxylic acids is 1. The van der Waals surface area contributed by atoms with Gasteiger partial charge in [0.25, 0.3) is 0 Å². The smallest absolute Gasteiger partial charge is 0.219 e. The summed E-state index contributed by atoms with van der Waals surface area (Å²) in [7, 11) is 0. The molecule has 0 rings (SSSR count). The molecule has 0 atom stereocenters. The third-order valence-corrected chi connectivity index (χ3v) is 1.71. The Labute approximate surface area is 81.1 Å². The van der Waals surface area contributed by atoms with Crippen molar-refractivity contribution in [2.24, 2.45) is 11.1 Å². The summed E-state index contributed by atoms with van der Waals surface area (Å²) in [5.41, 5.74) is 5.17. The van der Waals surface area contributed by atoms with Crippen LogP contribution in [0.4, 0.5) is 0 Å². The van der Waals surface area contributed by atoms with E-state index in [0.717, 1.165) is 6.54 Å². The summed E-state index contributed by atoms with van der Waals surface area (Å²) in [5, 5.41) is 3.33. The largest absolute Gasteiger partial charge is 0.370 e. The van der Waals surface area contributed by atoms with Gasteiger partial charge < -0.3 is 11.1 Å². The van der Waals surface area contributed by atoms with E-state index in [9.17, 15) is 4.79 Å². The highest BCUT2D eigenvalue weighted by atomic mass is 16.1. The van der Waals surface area contributed by atoms with Crippen molar-refractivity contribution in [1.29, 1.82) is 0 Å². The van der Waals surface area contributed by atoms with E-state index in [-0.39, 0.29) is 16.9 Å². The monoisotopic (exact) mass is 186 g/mol. The van der Waals surface area contributed by atoms with Gasteiger partial charge in [-0.1, -0.05) is 20.8 Å². The van der Waals surface area contributed by atoms with Crippen LogP contribution in [0.5, 0.6) is 0 Å². The number of nitrogens with one attached hydrogen (secondary N) is 1. The van der Waals surface area contributed by atoms with Crippen molar-refractivity contribution in [3.05, 3.63) is 0 Å². The molecule has 78 valence electrons. The zero-order valence-electron chi connectivity index (χ0n) is 9.40. The molecule has 0 aromatic rings. The van der Waals surface area contributed by atoms with Gasteiger partial charge in [0.2, 0.25) is 5.91 Å². The molecule has 0 bridgehead atoms. The highest BCUT2D eigenvalue weighted by Gasteiger charge is 2.22. The SMILES string of the molecule is CC(C)(C)CNC(C)(C)CC(N)=O. The lowest BCUT2D eigenvalue weighted by Crippen LogP contribution is -2.46. The molecule has 3 heteroatoms.